The Morgan fingerprint density at radius 3 is 2.71 bits per heavy atom. The van der Waals surface area contributed by atoms with Crippen molar-refractivity contribution in [2.24, 2.45) is 0 Å². The second-order valence-electron chi connectivity index (χ2n) is 4.97. The fourth-order valence-corrected chi connectivity index (χ4v) is 3.18. The highest BCUT2D eigenvalue weighted by atomic mass is 35.5. The monoisotopic (exact) mass is 379 g/mol. The fraction of sp³-hybridized carbons (Fsp3) is 0.125. The Morgan fingerprint density at radius 2 is 1.92 bits per heavy atom. The molecule has 0 saturated carbocycles. The highest BCUT2D eigenvalue weighted by Crippen LogP contribution is 2.33. The third-order valence-electron chi connectivity index (χ3n) is 3.33. The van der Waals surface area contributed by atoms with Gasteiger partial charge in [-0.1, -0.05) is 35.3 Å². The van der Waals surface area contributed by atoms with Gasteiger partial charge in [0.2, 0.25) is 0 Å². The summed E-state index contributed by atoms with van der Waals surface area (Å²) in [7, 11) is 0. The van der Waals surface area contributed by atoms with E-state index in [9.17, 15) is 0 Å². The van der Waals surface area contributed by atoms with E-state index in [1.807, 2.05) is 6.07 Å². The summed E-state index contributed by atoms with van der Waals surface area (Å²) < 4.78 is 0. The van der Waals surface area contributed by atoms with E-state index >= 15 is 0 Å². The van der Waals surface area contributed by atoms with E-state index in [-0.39, 0.29) is 0 Å². The minimum atomic E-state index is 0.421. The standard InChI is InChI=1S/C16H15Cl2N5S/c17-11-4-1-5-12(13(11)18)23-16-14(19)15(21-9-22-16)20-7-6-10-3-2-8-24-10/h1-5,8-9H,6-7,19H2,(H2,20,21,22,23). The smallest absolute Gasteiger partial charge is 0.159 e. The van der Waals surface area contributed by atoms with Crippen molar-refractivity contribution in [2.75, 3.05) is 22.9 Å². The van der Waals surface area contributed by atoms with Crippen LogP contribution in [0.1, 0.15) is 4.88 Å². The summed E-state index contributed by atoms with van der Waals surface area (Å²) in [6.45, 7) is 0.735. The zero-order valence-corrected chi connectivity index (χ0v) is 14.9. The van der Waals surface area contributed by atoms with E-state index in [2.05, 4.69) is 32.0 Å². The quantitative estimate of drug-likeness (QED) is 0.571. The normalized spacial score (nSPS) is 10.6. The van der Waals surface area contributed by atoms with Crippen LogP contribution in [0.2, 0.25) is 10.0 Å². The average molecular weight is 380 g/mol. The number of hydrogen-bond acceptors (Lipinski definition) is 6. The first-order valence-corrected chi connectivity index (χ1v) is 8.86. The van der Waals surface area contributed by atoms with Gasteiger partial charge in [-0.3, -0.25) is 0 Å². The molecule has 0 fully saturated rings. The average Bonchev–Trinajstić information content (AvgIpc) is 3.08. The second kappa shape index (κ2) is 7.70. The largest absolute Gasteiger partial charge is 0.393 e. The molecule has 124 valence electrons. The Morgan fingerprint density at radius 1 is 1.08 bits per heavy atom. The third-order valence-corrected chi connectivity index (χ3v) is 5.09. The number of anilines is 4. The Labute approximate surface area is 153 Å². The number of aromatic nitrogens is 2. The Hall–Kier alpha value is -2.02. The second-order valence-corrected chi connectivity index (χ2v) is 6.78. The van der Waals surface area contributed by atoms with Gasteiger partial charge in [0.1, 0.15) is 12.0 Å². The van der Waals surface area contributed by atoms with Crippen LogP contribution in [0, 0.1) is 0 Å². The Kier molecular flexibility index (Phi) is 5.40. The molecule has 3 rings (SSSR count). The summed E-state index contributed by atoms with van der Waals surface area (Å²) in [5.74, 6) is 1.06. The Bertz CT molecular complexity index is 823. The van der Waals surface area contributed by atoms with Gasteiger partial charge in [0, 0.05) is 11.4 Å². The molecule has 24 heavy (non-hydrogen) atoms. The highest BCUT2D eigenvalue weighted by molar-refractivity contribution is 7.09. The summed E-state index contributed by atoms with van der Waals surface area (Å²) in [5, 5.41) is 9.27. The van der Waals surface area contributed by atoms with Gasteiger partial charge in [0.15, 0.2) is 11.6 Å². The van der Waals surface area contributed by atoms with Crippen LogP contribution in [0.4, 0.5) is 23.0 Å². The number of hydrogen-bond donors (Lipinski definition) is 3. The molecule has 0 amide bonds. The topological polar surface area (TPSA) is 75.9 Å². The molecule has 2 heterocycles. The number of nitrogens with one attached hydrogen (secondary N) is 2. The first-order valence-electron chi connectivity index (χ1n) is 7.23. The van der Waals surface area contributed by atoms with E-state index in [1.54, 1.807) is 29.5 Å². The molecule has 0 saturated heterocycles. The van der Waals surface area contributed by atoms with Crippen LogP contribution in [0.3, 0.4) is 0 Å². The first kappa shape index (κ1) is 16.8. The van der Waals surface area contributed by atoms with Crippen LogP contribution in [0.25, 0.3) is 0 Å². The number of halogens is 2. The van der Waals surface area contributed by atoms with E-state index in [1.165, 1.54) is 11.2 Å². The van der Waals surface area contributed by atoms with Gasteiger partial charge in [-0.15, -0.1) is 11.3 Å². The molecule has 1 aromatic carbocycles. The summed E-state index contributed by atoms with van der Waals surface area (Å²) in [5.41, 5.74) is 7.22. The molecule has 0 aliphatic heterocycles. The predicted octanol–water partition coefficient (Wildman–Crippen LogP) is 4.83. The van der Waals surface area contributed by atoms with Crippen molar-refractivity contribution < 1.29 is 0 Å². The lowest BCUT2D eigenvalue weighted by atomic mass is 10.3. The summed E-state index contributed by atoms with van der Waals surface area (Å²) in [6.07, 6.45) is 2.36. The minimum Gasteiger partial charge on any atom is -0.393 e. The third kappa shape index (κ3) is 3.90. The molecule has 3 aromatic rings. The summed E-state index contributed by atoms with van der Waals surface area (Å²) >= 11 is 13.9. The van der Waals surface area contributed by atoms with Gasteiger partial charge >= 0.3 is 0 Å². The number of nitrogens with two attached hydrogens (primary N) is 1. The molecule has 0 atom stereocenters. The molecule has 2 aromatic heterocycles. The van der Waals surface area contributed by atoms with Crippen LogP contribution < -0.4 is 16.4 Å². The van der Waals surface area contributed by atoms with Crippen molar-refractivity contribution in [1.82, 2.24) is 9.97 Å². The van der Waals surface area contributed by atoms with Crippen molar-refractivity contribution in [3.63, 3.8) is 0 Å². The van der Waals surface area contributed by atoms with Crippen molar-refractivity contribution in [3.05, 3.63) is 57.0 Å². The predicted molar refractivity (Wildman–Crippen MR) is 103 cm³/mol. The molecular formula is C16H15Cl2N5S. The van der Waals surface area contributed by atoms with E-state index < -0.39 is 0 Å². The number of nitrogen functional groups attached to an aromatic ring is 1. The lowest BCUT2D eigenvalue weighted by Gasteiger charge is -2.13. The maximum Gasteiger partial charge on any atom is 0.159 e. The molecular weight excluding hydrogens is 365 g/mol. The van der Waals surface area contributed by atoms with Gasteiger partial charge in [-0.25, -0.2) is 9.97 Å². The van der Waals surface area contributed by atoms with E-state index in [4.69, 9.17) is 28.9 Å². The maximum atomic E-state index is 6.18. The first-order chi connectivity index (χ1) is 11.6. The van der Waals surface area contributed by atoms with Crippen LogP contribution in [0.5, 0.6) is 0 Å². The van der Waals surface area contributed by atoms with Crippen molar-refractivity contribution in [1.29, 1.82) is 0 Å². The molecule has 0 aliphatic carbocycles. The van der Waals surface area contributed by atoms with Crippen molar-refractivity contribution in [3.8, 4) is 0 Å². The van der Waals surface area contributed by atoms with Crippen molar-refractivity contribution >= 4 is 57.5 Å². The molecule has 4 N–H and O–H groups in total. The fourth-order valence-electron chi connectivity index (χ4n) is 2.12. The molecule has 0 bridgehead atoms. The van der Waals surface area contributed by atoms with E-state index in [0.29, 0.717) is 33.1 Å². The van der Waals surface area contributed by atoms with Gasteiger partial charge in [-0.05, 0) is 30.0 Å². The molecule has 0 radical (unpaired) electrons. The van der Waals surface area contributed by atoms with Gasteiger partial charge in [-0.2, -0.15) is 0 Å². The van der Waals surface area contributed by atoms with Crippen molar-refractivity contribution in [2.45, 2.75) is 6.42 Å². The number of thiophene rings is 1. The van der Waals surface area contributed by atoms with Gasteiger partial charge < -0.3 is 16.4 Å². The number of benzene rings is 1. The van der Waals surface area contributed by atoms with Gasteiger partial charge in [0.25, 0.3) is 0 Å². The molecule has 0 spiro atoms. The van der Waals surface area contributed by atoms with Gasteiger partial charge in [0.05, 0.1) is 15.7 Å². The maximum absolute atomic E-state index is 6.18. The van der Waals surface area contributed by atoms with Crippen LogP contribution in [0.15, 0.2) is 42.0 Å². The number of rotatable bonds is 6. The van der Waals surface area contributed by atoms with E-state index in [0.717, 1.165) is 13.0 Å². The molecule has 0 aliphatic rings. The van der Waals surface area contributed by atoms with Crippen LogP contribution in [-0.4, -0.2) is 16.5 Å². The minimum absolute atomic E-state index is 0.421. The summed E-state index contributed by atoms with van der Waals surface area (Å²) in [4.78, 5) is 9.68. The Balaban J connectivity index is 1.72. The summed E-state index contributed by atoms with van der Waals surface area (Å²) in [6, 6.07) is 9.46. The highest BCUT2D eigenvalue weighted by Gasteiger charge is 2.11. The zero-order chi connectivity index (χ0) is 16.9. The zero-order valence-electron chi connectivity index (χ0n) is 12.6. The van der Waals surface area contributed by atoms with Crippen LogP contribution >= 0.6 is 34.5 Å². The number of nitrogens with zero attached hydrogens (tertiary/aromatic N) is 2. The SMILES string of the molecule is Nc1c(NCCc2cccs2)ncnc1Nc1cccc(Cl)c1Cl. The lowest BCUT2D eigenvalue weighted by Crippen LogP contribution is -2.10. The molecule has 5 nitrogen and oxygen atoms in total. The molecule has 0 unspecified atom stereocenters. The van der Waals surface area contributed by atoms with Crippen LogP contribution in [-0.2, 0) is 6.42 Å². The molecule has 8 heteroatoms. The lowest BCUT2D eigenvalue weighted by molar-refractivity contribution is 1.02.